The van der Waals surface area contributed by atoms with Crippen LogP contribution < -0.4 is 5.73 Å². The topological polar surface area (TPSA) is 43.8 Å². The standard InChI is InChI=1S/C10H17N3/c1-8(7-10(11)4-5-10)9-3-6-12-13(9)2/h3,6,8H,4-5,7,11H2,1-2H3. The van der Waals surface area contributed by atoms with Crippen molar-refractivity contribution in [2.45, 2.75) is 37.6 Å². The summed E-state index contributed by atoms with van der Waals surface area (Å²) in [6.45, 7) is 2.23. The summed E-state index contributed by atoms with van der Waals surface area (Å²) in [4.78, 5) is 0. The Bertz CT molecular complexity index is 299. The molecule has 3 nitrogen and oxygen atoms in total. The molecule has 0 spiro atoms. The van der Waals surface area contributed by atoms with E-state index in [4.69, 9.17) is 5.73 Å². The minimum Gasteiger partial charge on any atom is -0.325 e. The Hall–Kier alpha value is -0.830. The van der Waals surface area contributed by atoms with E-state index >= 15 is 0 Å². The van der Waals surface area contributed by atoms with Gasteiger partial charge in [-0.3, -0.25) is 4.68 Å². The van der Waals surface area contributed by atoms with Crippen molar-refractivity contribution in [3.05, 3.63) is 18.0 Å². The lowest BCUT2D eigenvalue weighted by molar-refractivity contribution is 0.514. The summed E-state index contributed by atoms with van der Waals surface area (Å²) in [5, 5.41) is 4.16. The van der Waals surface area contributed by atoms with Gasteiger partial charge in [0, 0.05) is 24.5 Å². The van der Waals surface area contributed by atoms with E-state index in [0.717, 1.165) is 6.42 Å². The Labute approximate surface area is 78.9 Å². The summed E-state index contributed by atoms with van der Waals surface area (Å²) < 4.78 is 1.94. The highest BCUT2D eigenvalue weighted by Gasteiger charge is 2.39. The fourth-order valence-corrected chi connectivity index (χ4v) is 1.95. The van der Waals surface area contributed by atoms with Gasteiger partial charge in [0.1, 0.15) is 0 Å². The first-order valence-corrected chi connectivity index (χ1v) is 4.87. The molecular weight excluding hydrogens is 162 g/mol. The van der Waals surface area contributed by atoms with Gasteiger partial charge in [-0.05, 0) is 31.2 Å². The number of nitrogens with two attached hydrogens (primary N) is 1. The molecule has 1 saturated carbocycles. The zero-order valence-electron chi connectivity index (χ0n) is 8.33. The molecule has 0 amide bonds. The zero-order valence-corrected chi connectivity index (χ0v) is 8.33. The summed E-state index contributed by atoms with van der Waals surface area (Å²) in [7, 11) is 1.99. The molecule has 0 aliphatic heterocycles. The molecule has 1 unspecified atom stereocenters. The highest BCUT2D eigenvalue weighted by Crippen LogP contribution is 2.40. The van der Waals surface area contributed by atoms with Crippen LogP contribution in [0.1, 0.15) is 37.8 Å². The van der Waals surface area contributed by atoms with Gasteiger partial charge in [0.2, 0.25) is 0 Å². The lowest BCUT2D eigenvalue weighted by Gasteiger charge is -2.16. The van der Waals surface area contributed by atoms with Gasteiger partial charge in [0.25, 0.3) is 0 Å². The Morgan fingerprint density at radius 3 is 2.85 bits per heavy atom. The third-order valence-electron chi connectivity index (χ3n) is 2.97. The maximum Gasteiger partial charge on any atom is 0.0492 e. The number of nitrogens with zero attached hydrogens (tertiary/aromatic N) is 2. The fourth-order valence-electron chi connectivity index (χ4n) is 1.95. The summed E-state index contributed by atoms with van der Waals surface area (Å²) >= 11 is 0. The number of rotatable bonds is 3. The van der Waals surface area contributed by atoms with Crippen molar-refractivity contribution in [3.63, 3.8) is 0 Å². The average Bonchev–Trinajstić information content (AvgIpc) is 2.63. The molecule has 1 aromatic heterocycles. The van der Waals surface area contributed by atoms with Gasteiger partial charge < -0.3 is 5.73 Å². The van der Waals surface area contributed by atoms with Gasteiger partial charge in [-0.2, -0.15) is 5.10 Å². The van der Waals surface area contributed by atoms with Crippen molar-refractivity contribution in [2.24, 2.45) is 12.8 Å². The van der Waals surface area contributed by atoms with E-state index in [9.17, 15) is 0 Å². The van der Waals surface area contributed by atoms with Gasteiger partial charge in [0.15, 0.2) is 0 Å². The van der Waals surface area contributed by atoms with E-state index in [0.29, 0.717) is 5.92 Å². The van der Waals surface area contributed by atoms with E-state index in [1.54, 1.807) is 0 Å². The molecule has 1 atom stereocenters. The average molecular weight is 179 g/mol. The second kappa shape index (κ2) is 2.84. The van der Waals surface area contributed by atoms with Crippen molar-refractivity contribution in [1.29, 1.82) is 0 Å². The van der Waals surface area contributed by atoms with E-state index < -0.39 is 0 Å². The van der Waals surface area contributed by atoms with Crippen LogP contribution in [-0.2, 0) is 7.05 Å². The maximum absolute atomic E-state index is 6.07. The van der Waals surface area contributed by atoms with Crippen LogP contribution in [-0.4, -0.2) is 15.3 Å². The molecule has 2 rings (SSSR count). The molecule has 13 heavy (non-hydrogen) atoms. The number of hydrogen-bond donors (Lipinski definition) is 1. The SMILES string of the molecule is CC(CC1(N)CC1)c1ccnn1C. The number of aromatic nitrogens is 2. The molecule has 1 aliphatic rings. The second-order valence-corrected chi connectivity index (χ2v) is 4.35. The van der Waals surface area contributed by atoms with Crippen LogP contribution in [0.2, 0.25) is 0 Å². The highest BCUT2D eigenvalue weighted by atomic mass is 15.3. The van der Waals surface area contributed by atoms with E-state index in [-0.39, 0.29) is 5.54 Å². The van der Waals surface area contributed by atoms with E-state index in [1.807, 2.05) is 17.9 Å². The number of aryl methyl sites for hydroxylation is 1. The van der Waals surface area contributed by atoms with Crippen LogP contribution in [0.5, 0.6) is 0 Å². The molecule has 0 radical (unpaired) electrons. The van der Waals surface area contributed by atoms with E-state index in [1.165, 1.54) is 18.5 Å². The minimum absolute atomic E-state index is 0.143. The van der Waals surface area contributed by atoms with Crippen LogP contribution in [0.4, 0.5) is 0 Å². The van der Waals surface area contributed by atoms with Crippen LogP contribution in [0.25, 0.3) is 0 Å². The summed E-state index contributed by atoms with van der Waals surface area (Å²) in [5.41, 5.74) is 7.51. The molecule has 1 fully saturated rings. The third kappa shape index (κ3) is 1.75. The van der Waals surface area contributed by atoms with Crippen LogP contribution >= 0.6 is 0 Å². The van der Waals surface area contributed by atoms with Crippen LogP contribution in [0.3, 0.4) is 0 Å². The molecule has 2 N–H and O–H groups in total. The molecule has 0 saturated heterocycles. The van der Waals surface area contributed by atoms with Gasteiger partial charge in [-0.15, -0.1) is 0 Å². The lowest BCUT2D eigenvalue weighted by atomic mass is 9.97. The summed E-state index contributed by atoms with van der Waals surface area (Å²) in [6, 6.07) is 2.08. The first kappa shape index (κ1) is 8.75. The van der Waals surface area contributed by atoms with Gasteiger partial charge in [0.05, 0.1) is 0 Å². The lowest BCUT2D eigenvalue weighted by Crippen LogP contribution is -2.24. The molecule has 1 heterocycles. The number of hydrogen-bond acceptors (Lipinski definition) is 2. The normalized spacial score (nSPS) is 21.5. The smallest absolute Gasteiger partial charge is 0.0492 e. The maximum atomic E-state index is 6.07. The molecule has 0 aromatic carbocycles. The minimum atomic E-state index is 0.143. The first-order valence-electron chi connectivity index (χ1n) is 4.87. The highest BCUT2D eigenvalue weighted by molar-refractivity contribution is 5.11. The van der Waals surface area contributed by atoms with E-state index in [2.05, 4.69) is 18.1 Å². The Morgan fingerprint density at radius 1 is 1.69 bits per heavy atom. The van der Waals surface area contributed by atoms with Crippen LogP contribution in [0.15, 0.2) is 12.3 Å². The molecule has 72 valence electrons. The van der Waals surface area contributed by atoms with Crippen LogP contribution in [0, 0.1) is 0 Å². The van der Waals surface area contributed by atoms with Crippen molar-refractivity contribution >= 4 is 0 Å². The van der Waals surface area contributed by atoms with Gasteiger partial charge >= 0.3 is 0 Å². The predicted molar refractivity (Wildman–Crippen MR) is 52.4 cm³/mol. The zero-order chi connectivity index (χ0) is 9.47. The molecule has 1 aliphatic carbocycles. The Kier molecular flexibility index (Phi) is 1.91. The molecular formula is C10H17N3. The largest absolute Gasteiger partial charge is 0.325 e. The van der Waals surface area contributed by atoms with Crippen molar-refractivity contribution < 1.29 is 0 Å². The Morgan fingerprint density at radius 2 is 2.38 bits per heavy atom. The fraction of sp³-hybridized carbons (Fsp3) is 0.700. The predicted octanol–water partition coefficient (Wildman–Crippen LogP) is 1.41. The van der Waals surface area contributed by atoms with Gasteiger partial charge in [-0.1, -0.05) is 6.92 Å². The molecule has 1 aromatic rings. The van der Waals surface area contributed by atoms with Crippen molar-refractivity contribution in [2.75, 3.05) is 0 Å². The summed E-state index contributed by atoms with van der Waals surface area (Å²) in [6.07, 6.45) is 5.32. The van der Waals surface area contributed by atoms with Crippen molar-refractivity contribution in [3.8, 4) is 0 Å². The second-order valence-electron chi connectivity index (χ2n) is 4.35. The monoisotopic (exact) mass is 179 g/mol. The Balaban J connectivity index is 2.05. The van der Waals surface area contributed by atoms with Crippen molar-refractivity contribution in [1.82, 2.24) is 9.78 Å². The summed E-state index contributed by atoms with van der Waals surface area (Å²) in [5.74, 6) is 0.528. The molecule has 0 bridgehead atoms. The van der Waals surface area contributed by atoms with Gasteiger partial charge in [-0.25, -0.2) is 0 Å². The quantitative estimate of drug-likeness (QED) is 0.762. The third-order valence-corrected chi connectivity index (χ3v) is 2.97. The molecule has 3 heteroatoms. The first-order chi connectivity index (χ1) is 6.11.